The van der Waals surface area contributed by atoms with E-state index in [9.17, 15) is 0 Å². The van der Waals surface area contributed by atoms with E-state index in [2.05, 4.69) is 15.3 Å². The summed E-state index contributed by atoms with van der Waals surface area (Å²) in [6.45, 7) is 0.255. The van der Waals surface area contributed by atoms with Crippen LogP contribution in [-0.2, 0) is 0 Å². The zero-order valence-corrected chi connectivity index (χ0v) is 9.44. The fourth-order valence-corrected chi connectivity index (χ4v) is 1.67. The van der Waals surface area contributed by atoms with Gasteiger partial charge in [0.1, 0.15) is 0 Å². The molecule has 1 aliphatic heterocycles. The molecule has 86 valence electrons. The smallest absolute Gasteiger partial charge is 0.231 e. The molecule has 0 aliphatic carbocycles. The number of anilines is 2. The van der Waals surface area contributed by atoms with Crippen LogP contribution in [0.2, 0.25) is 5.15 Å². The number of hydrogen-bond donors (Lipinski definition) is 1. The second kappa shape index (κ2) is 4.10. The summed E-state index contributed by atoms with van der Waals surface area (Å²) in [6.07, 6.45) is 3.11. The van der Waals surface area contributed by atoms with Crippen LogP contribution in [0.5, 0.6) is 11.5 Å². The molecule has 1 aliphatic rings. The maximum Gasteiger partial charge on any atom is 0.231 e. The Kier molecular flexibility index (Phi) is 2.45. The Hall–Kier alpha value is -2.01. The normalized spacial score (nSPS) is 12.5. The molecule has 1 N–H and O–H groups in total. The average Bonchev–Trinajstić information content (AvgIpc) is 2.79. The molecular weight excluding hydrogens is 242 g/mol. The topological polar surface area (TPSA) is 56.3 Å². The summed E-state index contributed by atoms with van der Waals surface area (Å²) in [5.74, 6) is 1.95. The molecule has 3 rings (SSSR count). The highest BCUT2D eigenvalue weighted by Crippen LogP contribution is 2.35. The van der Waals surface area contributed by atoms with Crippen LogP contribution in [0.4, 0.5) is 11.5 Å². The van der Waals surface area contributed by atoms with Crippen LogP contribution in [0.25, 0.3) is 0 Å². The SMILES string of the molecule is Clc1nccnc1Nc1ccc2c(c1)OCO2. The first kappa shape index (κ1) is 10.2. The number of ether oxygens (including phenoxy) is 2. The van der Waals surface area contributed by atoms with Gasteiger partial charge >= 0.3 is 0 Å². The van der Waals surface area contributed by atoms with Gasteiger partial charge in [-0.3, -0.25) is 0 Å². The van der Waals surface area contributed by atoms with E-state index >= 15 is 0 Å². The first-order chi connectivity index (χ1) is 8.33. The van der Waals surface area contributed by atoms with Crippen LogP contribution < -0.4 is 14.8 Å². The molecule has 0 atom stereocenters. The zero-order valence-electron chi connectivity index (χ0n) is 8.68. The summed E-state index contributed by atoms with van der Waals surface area (Å²) in [6, 6.07) is 5.51. The standard InChI is InChI=1S/C11H8ClN3O2/c12-10-11(14-4-3-13-10)15-7-1-2-8-9(5-7)17-6-16-8/h1-5H,6H2,(H,14,15). The molecule has 17 heavy (non-hydrogen) atoms. The molecule has 0 fully saturated rings. The molecule has 0 spiro atoms. The van der Waals surface area contributed by atoms with Crippen molar-refractivity contribution in [3.8, 4) is 11.5 Å². The molecule has 2 aromatic rings. The number of benzene rings is 1. The van der Waals surface area contributed by atoms with Gasteiger partial charge in [0, 0.05) is 24.1 Å². The van der Waals surface area contributed by atoms with E-state index in [1.54, 1.807) is 6.20 Å². The van der Waals surface area contributed by atoms with Crippen molar-refractivity contribution in [2.45, 2.75) is 0 Å². The third-order valence-electron chi connectivity index (χ3n) is 2.29. The quantitative estimate of drug-likeness (QED) is 0.887. The molecule has 0 saturated heterocycles. The van der Waals surface area contributed by atoms with Crippen LogP contribution >= 0.6 is 11.6 Å². The number of hydrogen-bond acceptors (Lipinski definition) is 5. The van der Waals surface area contributed by atoms with E-state index in [1.807, 2.05) is 18.2 Å². The number of rotatable bonds is 2. The van der Waals surface area contributed by atoms with E-state index < -0.39 is 0 Å². The first-order valence-corrected chi connectivity index (χ1v) is 5.34. The third kappa shape index (κ3) is 1.97. The molecule has 0 unspecified atom stereocenters. The number of nitrogens with zero attached hydrogens (tertiary/aromatic N) is 2. The van der Waals surface area contributed by atoms with Gasteiger partial charge < -0.3 is 14.8 Å². The largest absolute Gasteiger partial charge is 0.454 e. The zero-order chi connectivity index (χ0) is 11.7. The van der Waals surface area contributed by atoms with E-state index in [0.717, 1.165) is 11.4 Å². The van der Waals surface area contributed by atoms with E-state index in [4.69, 9.17) is 21.1 Å². The minimum Gasteiger partial charge on any atom is -0.454 e. The van der Waals surface area contributed by atoms with E-state index in [0.29, 0.717) is 16.7 Å². The predicted molar refractivity (Wildman–Crippen MR) is 62.9 cm³/mol. The first-order valence-electron chi connectivity index (χ1n) is 4.96. The van der Waals surface area contributed by atoms with Crippen molar-refractivity contribution in [2.75, 3.05) is 12.1 Å². The fraction of sp³-hybridized carbons (Fsp3) is 0.0909. The van der Waals surface area contributed by atoms with Crippen LogP contribution in [0.1, 0.15) is 0 Å². The highest BCUT2D eigenvalue weighted by atomic mass is 35.5. The van der Waals surface area contributed by atoms with E-state index in [1.165, 1.54) is 6.20 Å². The van der Waals surface area contributed by atoms with Crippen molar-refractivity contribution in [1.29, 1.82) is 0 Å². The van der Waals surface area contributed by atoms with E-state index in [-0.39, 0.29) is 6.79 Å². The van der Waals surface area contributed by atoms with Crippen molar-refractivity contribution in [3.05, 3.63) is 35.7 Å². The molecule has 0 radical (unpaired) electrons. The van der Waals surface area contributed by atoms with Gasteiger partial charge in [-0.2, -0.15) is 0 Å². The minimum atomic E-state index is 0.255. The molecule has 0 amide bonds. The highest BCUT2D eigenvalue weighted by Gasteiger charge is 2.13. The van der Waals surface area contributed by atoms with Crippen LogP contribution in [0, 0.1) is 0 Å². The second-order valence-corrected chi connectivity index (χ2v) is 3.75. The summed E-state index contributed by atoms with van der Waals surface area (Å²) in [4.78, 5) is 8.02. The van der Waals surface area contributed by atoms with Gasteiger partial charge in [-0.05, 0) is 12.1 Å². The van der Waals surface area contributed by atoms with Crippen LogP contribution in [0.15, 0.2) is 30.6 Å². The third-order valence-corrected chi connectivity index (χ3v) is 2.57. The lowest BCUT2D eigenvalue weighted by molar-refractivity contribution is 0.174. The van der Waals surface area contributed by atoms with Gasteiger partial charge in [0.15, 0.2) is 22.5 Å². The minimum absolute atomic E-state index is 0.255. The highest BCUT2D eigenvalue weighted by molar-refractivity contribution is 6.31. The van der Waals surface area contributed by atoms with Gasteiger partial charge in [-0.15, -0.1) is 0 Å². The maximum atomic E-state index is 5.90. The van der Waals surface area contributed by atoms with Gasteiger partial charge in [0.2, 0.25) is 6.79 Å². The van der Waals surface area contributed by atoms with Gasteiger partial charge in [-0.1, -0.05) is 11.6 Å². The molecule has 5 nitrogen and oxygen atoms in total. The summed E-state index contributed by atoms with van der Waals surface area (Å²) in [5, 5.41) is 3.39. The number of nitrogens with one attached hydrogen (secondary N) is 1. The number of aromatic nitrogens is 2. The molecule has 0 bridgehead atoms. The monoisotopic (exact) mass is 249 g/mol. The molecule has 0 saturated carbocycles. The van der Waals surface area contributed by atoms with Crippen molar-refractivity contribution in [3.63, 3.8) is 0 Å². The summed E-state index contributed by atoms with van der Waals surface area (Å²) in [5.41, 5.74) is 0.816. The average molecular weight is 250 g/mol. The van der Waals surface area contributed by atoms with Gasteiger partial charge in [0.05, 0.1) is 0 Å². The summed E-state index contributed by atoms with van der Waals surface area (Å²) in [7, 11) is 0. The van der Waals surface area contributed by atoms with Crippen molar-refractivity contribution in [1.82, 2.24) is 9.97 Å². The molecule has 2 heterocycles. The van der Waals surface area contributed by atoms with Gasteiger partial charge in [-0.25, -0.2) is 9.97 Å². The van der Waals surface area contributed by atoms with Crippen LogP contribution in [0.3, 0.4) is 0 Å². The van der Waals surface area contributed by atoms with Crippen molar-refractivity contribution < 1.29 is 9.47 Å². The summed E-state index contributed by atoms with van der Waals surface area (Å²) < 4.78 is 10.5. The fourth-order valence-electron chi connectivity index (χ4n) is 1.52. The maximum absolute atomic E-state index is 5.90. The Morgan fingerprint density at radius 3 is 2.82 bits per heavy atom. The van der Waals surface area contributed by atoms with Gasteiger partial charge in [0.25, 0.3) is 0 Å². The molecule has 1 aromatic carbocycles. The number of fused-ring (bicyclic) bond motifs is 1. The number of halogens is 1. The van der Waals surface area contributed by atoms with Crippen molar-refractivity contribution in [2.24, 2.45) is 0 Å². The lowest BCUT2D eigenvalue weighted by atomic mass is 10.3. The Morgan fingerprint density at radius 1 is 1.12 bits per heavy atom. The predicted octanol–water partition coefficient (Wildman–Crippen LogP) is 2.60. The summed E-state index contributed by atoms with van der Waals surface area (Å²) >= 11 is 5.90. The Morgan fingerprint density at radius 2 is 1.94 bits per heavy atom. The second-order valence-electron chi connectivity index (χ2n) is 3.39. The molecule has 6 heteroatoms. The lowest BCUT2D eigenvalue weighted by Gasteiger charge is -2.06. The molecule has 1 aromatic heterocycles. The molecular formula is C11H8ClN3O2. The lowest BCUT2D eigenvalue weighted by Crippen LogP contribution is -1.95. The Balaban J connectivity index is 1.89. The Labute approximate surface area is 102 Å². The van der Waals surface area contributed by atoms with Crippen molar-refractivity contribution >= 4 is 23.1 Å². The Bertz CT molecular complexity index is 562. The van der Waals surface area contributed by atoms with Crippen LogP contribution in [-0.4, -0.2) is 16.8 Å².